The molecule has 0 saturated heterocycles. The molecular formula is C40H72N2O4. The fourth-order valence-corrected chi connectivity index (χ4v) is 6.88. The van der Waals surface area contributed by atoms with Gasteiger partial charge in [0.15, 0.2) is 0 Å². The molecule has 0 bridgehead atoms. The monoisotopic (exact) mass is 645 g/mol. The van der Waals surface area contributed by atoms with Crippen LogP contribution in [0, 0.1) is 23.7 Å². The molecule has 4 unspecified atom stereocenters. The fraction of sp³-hybridized carbons (Fsp3) is 0.800. The number of carbonyl (C=O) groups excluding carboxylic acids is 2. The van der Waals surface area contributed by atoms with Crippen molar-refractivity contribution in [3.63, 3.8) is 0 Å². The van der Waals surface area contributed by atoms with Gasteiger partial charge in [-0.1, -0.05) is 98.4 Å². The average molecular weight is 645 g/mol. The van der Waals surface area contributed by atoms with Crippen LogP contribution in [0.15, 0.2) is 24.3 Å². The third-order valence-corrected chi connectivity index (χ3v) is 9.25. The van der Waals surface area contributed by atoms with Crippen LogP contribution in [0.1, 0.15) is 158 Å². The summed E-state index contributed by atoms with van der Waals surface area (Å²) >= 11 is 0. The zero-order chi connectivity index (χ0) is 35.2. The maximum absolute atomic E-state index is 12.1. The summed E-state index contributed by atoms with van der Waals surface area (Å²) in [6, 6.07) is 9.31. The minimum absolute atomic E-state index is 0.181. The fourth-order valence-electron chi connectivity index (χ4n) is 6.88. The second kappa shape index (κ2) is 19.5. The average Bonchev–Trinajstić information content (AvgIpc) is 2.95. The van der Waals surface area contributed by atoms with Gasteiger partial charge in [0.1, 0.15) is 11.2 Å². The van der Waals surface area contributed by atoms with Gasteiger partial charge in [0.25, 0.3) is 0 Å². The Morgan fingerprint density at radius 3 is 1.76 bits per heavy atom. The highest BCUT2D eigenvalue weighted by Crippen LogP contribution is 2.34. The Morgan fingerprint density at radius 1 is 0.783 bits per heavy atom. The molecule has 2 aliphatic rings. The Labute approximate surface area is 284 Å². The first-order valence-electron chi connectivity index (χ1n) is 18.3. The molecule has 0 aliphatic heterocycles. The van der Waals surface area contributed by atoms with Crippen molar-refractivity contribution in [1.82, 2.24) is 10.2 Å². The van der Waals surface area contributed by atoms with Crippen molar-refractivity contribution in [3.05, 3.63) is 35.4 Å². The summed E-state index contributed by atoms with van der Waals surface area (Å²) in [5.74, 6) is 3.11. The van der Waals surface area contributed by atoms with Crippen LogP contribution in [0.25, 0.3) is 0 Å². The highest BCUT2D eigenvalue weighted by molar-refractivity contribution is 5.68. The number of ether oxygens (including phenoxy) is 2. The smallest absolute Gasteiger partial charge is 0.410 e. The summed E-state index contributed by atoms with van der Waals surface area (Å²) in [5, 5.41) is 3.05. The predicted octanol–water partition coefficient (Wildman–Crippen LogP) is 11.2. The van der Waals surface area contributed by atoms with E-state index in [0.717, 1.165) is 19.3 Å². The number of nitrogens with zero attached hydrogens (tertiary/aromatic N) is 1. The molecular weight excluding hydrogens is 572 g/mol. The normalized spacial score (nSPS) is 21.8. The second-order valence-corrected chi connectivity index (χ2v) is 16.5. The highest BCUT2D eigenvalue weighted by atomic mass is 16.6. The van der Waals surface area contributed by atoms with Gasteiger partial charge < -0.3 is 19.7 Å². The Bertz CT molecular complexity index is 1020. The lowest BCUT2D eigenvalue weighted by atomic mass is 9.77. The lowest BCUT2D eigenvalue weighted by Gasteiger charge is -2.40. The summed E-state index contributed by atoms with van der Waals surface area (Å²) in [4.78, 5) is 25.7. The van der Waals surface area contributed by atoms with Crippen LogP contribution in [0.2, 0.25) is 0 Å². The number of alkyl carbamates (subject to hydrolysis) is 1. The van der Waals surface area contributed by atoms with Crippen LogP contribution in [-0.2, 0) is 15.9 Å². The molecule has 2 fully saturated rings. The van der Waals surface area contributed by atoms with Crippen LogP contribution in [0.3, 0.4) is 0 Å². The van der Waals surface area contributed by atoms with Crippen molar-refractivity contribution in [3.8, 4) is 0 Å². The van der Waals surface area contributed by atoms with E-state index in [2.05, 4.69) is 78.0 Å². The Hall–Kier alpha value is -2.24. The van der Waals surface area contributed by atoms with Gasteiger partial charge in [0.05, 0.1) is 0 Å². The van der Waals surface area contributed by atoms with E-state index in [1.807, 2.05) is 53.5 Å². The number of carbonyl (C=O) groups is 2. The molecule has 1 N–H and O–H groups in total. The first-order valence-corrected chi connectivity index (χ1v) is 18.3. The minimum atomic E-state index is -0.411. The minimum Gasteiger partial charge on any atom is -0.444 e. The highest BCUT2D eigenvalue weighted by Gasteiger charge is 2.34. The molecule has 2 aliphatic carbocycles. The van der Waals surface area contributed by atoms with E-state index < -0.39 is 11.2 Å². The number of benzene rings is 1. The van der Waals surface area contributed by atoms with E-state index in [9.17, 15) is 9.59 Å². The molecule has 266 valence electrons. The molecule has 2 saturated carbocycles. The number of hydrogen-bond donors (Lipinski definition) is 1. The maximum atomic E-state index is 12.1. The van der Waals surface area contributed by atoms with Crippen molar-refractivity contribution in [2.75, 3.05) is 7.05 Å². The van der Waals surface area contributed by atoms with E-state index in [4.69, 9.17) is 9.47 Å². The topological polar surface area (TPSA) is 67.9 Å². The summed E-state index contributed by atoms with van der Waals surface area (Å²) in [5.41, 5.74) is 2.16. The van der Waals surface area contributed by atoms with Crippen molar-refractivity contribution in [1.29, 1.82) is 0 Å². The van der Waals surface area contributed by atoms with Gasteiger partial charge in [-0.2, -0.15) is 0 Å². The quantitative estimate of drug-likeness (QED) is 0.334. The van der Waals surface area contributed by atoms with Gasteiger partial charge in [-0.15, -0.1) is 0 Å². The summed E-state index contributed by atoms with van der Waals surface area (Å²) in [6.45, 7) is 27.1. The zero-order valence-corrected chi connectivity index (χ0v) is 32.3. The predicted molar refractivity (Wildman–Crippen MR) is 194 cm³/mol. The number of amides is 2. The second-order valence-electron chi connectivity index (χ2n) is 16.5. The first kappa shape index (κ1) is 41.8. The first-order chi connectivity index (χ1) is 21.3. The molecule has 4 atom stereocenters. The van der Waals surface area contributed by atoms with Crippen molar-refractivity contribution < 1.29 is 19.1 Å². The SMILES string of the molecule is CC(C)C1CCCCC1N(C)C(=O)OC(C)(C)C.CC(C)C1CCCCC1NC(=O)OC(C)(C)C.CCc1ccccc1C(C)C. The molecule has 6 heteroatoms. The molecule has 0 heterocycles. The van der Waals surface area contributed by atoms with Crippen molar-refractivity contribution >= 4 is 12.2 Å². The third-order valence-electron chi connectivity index (χ3n) is 9.25. The van der Waals surface area contributed by atoms with E-state index >= 15 is 0 Å². The van der Waals surface area contributed by atoms with Gasteiger partial charge >= 0.3 is 12.2 Å². The molecule has 6 nitrogen and oxygen atoms in total. The zero-order valence-electron chi connectivity index (χ0n) is 32.3. The largest absolute Gasteiger partial charge is 0.444 e. The van der Waals surface area contributed by atoms with Gasteiger partial charge in [-0.05, 0) is 114 Å². The maximum Gasteiger partial charge on any atom is 0.410 e. The molecule has 3 rings (SSSR count). The molecule has 2 amide bonds. The van der Waals surface area contributed by atoms with Gasteiger partial charge in [0, 0.05) is 19.1 Å². The summed E-state index contributed by atoms with van der Waals surface area (Å²) in [7, 11) is 1.89. The molecule has 46 heavy (non-hydrogen) atoms. The molecule has 1 aromatic rings. The van der Waals surface area contributed by atoms with Crippen LogP contribution in [-0.4, -0.2) is 47.4 Å². The molecule has 0 aromatic heterocycles. The number of aryl methyl sites for hydroxylation is 1. The lowest BCUT2D eigenvalue weighted by Crippen LogP contribution is -2.47. The van der Waals surface area contributed by atoms with Gasteiger partial charge in [-0.25, -0.2) is 9.59 Å². The van der Waals surface area contributed by atoms with Gasteiger partial charge in [-0.3, -0.25) is 0 Å². The van der Waals surface area contributed by atoms with E-state index in [1.54, 1.807) is 0 Å². The summed E-state index contributed by atoms with van der Waals surface area (Å²) < 4.78 is 10.8. The van der Waals surface area contributed by atoms with E-state index in [1.165, 1.54) is 49.7 Å². The Kier molecular flexibility index (Phi) is 17.8. The van der Waals surface area contributed by atoms with Crippen LogP contribution in [0.5, 0.6) is 0 Å². The van der Waals surface area contributed by atoms with E-state index in [-0.39, 0.29) is 12.2 Å². The van der Waals surface area contributed by atoms with Gasteiger partial charge in [0.2, 0.25) is 0 Å². The van der Waals surface area contributed by atoms with Crippen molar-refractivity contribution in [2.45, 2.75) is 177 Å². The van der Waals surface area contributed by atoms with Crippen LogP contribution in [0.4, 0.5) is 9.59 Å². The Balaban J connectivity index is 0.000000355. The number of rotatable bonds is 6. The van der Waals surface area contributed by atoms with Crippen molar-refractivity contribution in [2.24, 2.45) is 23.7 Å². The number of hydrogen-bond acceptors (Lipinski definition) is 4. The molecule has 0 radical (unpaired) electrons. The lowest BCUT2D eigenvalue weighted by molar-refractivity contribution is 0.00748. The standard InChI is InChI=1S/C15H29NO2.C14H27NO2.C11H16/c1-11(2)12-9-7-8-10-13(12)16(6)14(17)18-15(3,4)5;1-10(2)11-8-6-7-9-12(11)15-13(16)17-14(3,4)5;1-4-10-7-5-6-8-11(10)9(2)3/h11-13H,7-10H2,1-6H3;10-12H,6-9H2,1-5H3,(H,15,16);5-9H,4H2,1-3H3. The van der Waals surface area contributed by atoms with Crippen LogP contribution >= 0.6 is 0 Å². The molecule has 0 spiro atoms. The van der Waals surface area contributed by atoms with Crippen LogP contribution < -0.4 is 5.32 Å². The molecule has 1 aromatic carbocycles. The van der Waals surface area contributed by atoms with E-state index in [0.29, 0.717) is 41.7 Å². The Morgan fingerprint density at radius 2 is 1.28 bits per heavy atom. The third kappa shape index (κ3) is 15.6. The summed E-state index contributed by atoms with van der Waals surface area (Å²) in [6.07, 6.45) is 10.4. The number of nitrogens with one attached hydrogen (secondary N) is 1.